The zero-order valence-corrected chi connectivity index (χ0v) is 33.5. The molecule has 1 aliphatic carbocycles. The first kappa shape index (κ1) is 35.4. The third kappa shape index (κ3) is 5.25. The lowest BCUT2D eigenvalue weighted by atomic mass is 9.81. The summed E-state index contributed by atoms with van der Waals surface area (Å²) < 4.78 is 30.5. The van der Waals surface area contributed by atoms with Gasteiger partial charge in [-0.1, -0.05) is 86.1 Å². The van der Waals surface area contributed by atoms with Crippen molar-refractivity contribution >= 4 is 64.9 Å². The van der Waals surface area contributed by atoms with Gasteiger partial charge in [0.1, 0.15) is 11.6 Å². The SMILES string of the molecule is Cc1ccc2c(c1)c1ccccc1c1cc3c(cc21)C(C)(C)c1cc2c(cc1-3)c(=O)c1cc3ccccc3cc1n2-c1nc(-c2ccc(F)cc2)cc(-c2ccc(F)cc2)n1. The molecule has 6 heteroatoms. The van der Waals surface area contributed by atoms with E-state index in [2.05, 4.69) is 87.5 Å². The van der Waals surface area contributed by atoms with E-state index < -0.39 is 5.41 Å². The predicted molar refractivity (Wildman–Crippen MR) is 246 cm³/mol. The molecule has 61 heavy (non-hydrogen) atoms. The summed E-state index contributed by atoms with van der Waals surface area (Å²) in [6.07, 6.45) is 0. The van der Waals surface area contributed by atoms with Crippen LogP contribution in [-0.4, -0.2) is 14.5 Å². The highest BCUT2D eigenvalue weighted by molar-refractivity contribution is 6.26. The highest BCUT2D eigenvalue weighted by Crippen LogP contribution is 2.52. The van der Waals surface area contributed by atoms with Gasteiger partial charge < -0.3 is 0 Å². The van der Waals surface area contributed by atoms with E-state index in [1.807, 2.05) is 47.0 Å². The van der Waals surface area contributed by atoms with Crippen LogP contribution in [0.5, 0.6) is 0 Å². The van der Waals surface area contributed by atoms with Gasteiger partial charge in [0.2, 0.25) is 5.95 Å². The van der Waals surface area contributed by atoms with Crippen molar-refractivity contribution in [3.8, 4) is 39.6 Å². The maximum Gasteiger partial charge on any atom is 0.235 e. The number of benzene rings is 9. The van der Waals surface area contributed by atoms with Gasteiger partial charge in [0.15, 0.2) is 5.43 Å². The number of fused-ring (bicyclic) bond motifs is 12. The second kappa shape index (κ2) is 12.7. The van der Waals surface area contributed by atoms with Gasteiger partial charge in [-0.15, -0.1) is 0 Å². The summed E-state index contributed by atoms with van der Waals surface area (Å²) in [7, 11) is 0. The molecule has 11 aromatic rings. The molecule has 0 fully saturated rings. The molecule has 290 valence electrons. The molecular weight excluding hydrogens is 757 g/mol. The van der Waals surface area contributed by atoms with Crippen molar-refractivity contribution in [3.05, 3.63) is 196 Å². The van der Waals surface area contributed by atoms with Crippen LogP contribution in [0.15, 0.2) is 163 Å². The smallest absolute Gasteiger partial charge is 0.235 e. The van der Waals surface area contributed by atoms with Crippen molar-refractivity contribution in [2.75, 3.05) is 0 Å². The Kier molecular flexibility index (Phi) is 7.38. The molecule has 9 aromatic carbocycles. The molecule has 12 rings (SSSR count). The molecule has 0 aliphatic heterocycles. The van der Waals surface area contributed by atoms with Gasteiger partial charge in [0.05, 0.1) is 22.4 Å². The Morgan fingerprint density at radius 3 is 1.61 bits per heavy atom. The van der Waals surface area contributed by atoms with Crippen molar-refractivity contribution in [2.45, 2.75) is 26.2 Å². The van der Waals surface area contributed by atoms with Gasteiger partial charge in [-0.25, -0.2) is 18.7 Å². The van der Waals surface area contributed by atoms with Crippen molar-refractivity contribution in [1.29, 1.82) is 0 Å². The van der Waals surface area contributed by atoms with Crippen molar-refractivity contribution < 1.29 is 8.78 Å². The number of aromatic nitrogens is 3. The van der Waals surface area contributed by atoms with Gasteiger partial charge in [-0.05, 0) is 163 Å². The molecule has 4 nitrogen and oxygen atoms in total. The summed E-state index contributed by atoms with van der Waals surface area (Å²) in [5.74, 6) is -0.385. The van der Waals surface area contributed by atoms with Gasteiger partial charge in [-0.3, -0.25) is 9.36 Å². The molecule has 0 saturated carbocycles. The van der Waals surface area contributed by atoms with Crippen LogP contribution in [0.4, 0.5) is 8.78 Å². The van der Waals surface area contributed by atoms with Crippen molar-refractivity contribution in [2.24, 2.45) is 0 Å². The standard InChI is InChI=1S/C55H35F2N3O/c1-30-12-21-39-40(22-30)37-10-6-7-11-38(37)41-25-43-44-26-46-52(28-48(44)55(2,3)47(43)27-42(39)41)60(51-24-34-9-5-4-8-33(34)23-45(51)53(46)61)54-58-49(31-13-17-35(56)18-14-31)29-50(59-54)32-15-19-36(57)20-16-32/h4-29H,1-3H3. The number of nitrogens with zero attached hydrogens (tertiary/aromatic N) is 3. The van der Waals surface area contributed by atoms with Crippen LogP contribution in [0, 0.1) is 18.6 Å². The monoisotopic (exact) mass is 791 g/mol. The van der Waals surface area contributed by atoms with Crippen LogP contribution < -0.4 is 5.43 Å². The summed E-state index contributed by atoms with van der Waals surface area (Å²) in [6, 6.07) is 50.5. The second-order valence-electron chi connectivity index (χ2n) is 16.9. The highest BCUT2D eigenvalue weighted by Gasteiger charge is 2.37. The molecule has 2 heterocycles. The molecule has 0 saturated heterocycles. The normalized spacial score (nSPS) is 13.2. The molecule has 0 bridgehead atoms. The van der Waals surface area contributed by atoms with Crippen LogP contribution in [0.3, 0.4) is 0 Å². The number of rotatable bonds is 3. The van der Waals surface area contributed by atoms with Gasteiger partial charge in [0.25, 0.3) is 0 Å². The first-order chi connectivity index (χ1) is 29.6. The van der Waals surface area contributed by atoms with E-state index in [4.69, 9.17) is 9.97 Å². The summed E-state index contributed by atoms with van der Waals surface area (Å²) in [6.45, 7) is 6.66. The number of hydrogen-bond acceptors (Lipinski definition) is 3. The molecule has 1 aliphatic rings. The lowest BCUT2D eigenvalue weighted by molar-refractivity contribution is 0.627. The van der Waals surface area contributed by atoms with Crippen LogP contribution in [0.2, 0.25) is 0 Å². The van der Waals surface area contributed by atoms with Gasteiger partial charge >= 0.3 is 0 Å². The van der Waals surface area contributed by atoms with Crippen molar-refractivity contribution in [1.82, 2.24) is 14.5 Å². The van der Waals surface area contributed by atoms with E-state index in [1.165, 1.54) is 67.7 Å². The minimum Gasteiger partial charge on any atom is -0.288 e. The Morgan fingerprint density at radius 2 is 0.967 bits per heavy atom. The zero-order chi connectivity index (χ0) is 41.3. The Labute approximate surface area is 349 Å². The fourth-order valence-corrected chi connectivity index (χ4v) is 9.85. The number of aryl methyl sites for hydroxylation is 1. The molecular formula is C55H35F2N3O. The van der Waals surface area contributed by atoms with E-state index in [0.29, 0.717) is 50.3 Å². The summed E-state index contributed by atoms with van der Waals surface area (Å²) >= 11 is 0. The zero-order valence-electron chi connectivity index (χ0n) is 33.5. The second-order valence-corrected chi connectivity index (χ2v) is 16.9. The molecule has 0 radical (unpaired) electrons. The first-order valence-corrected chi connectivity index (χ1v) is 20.5. The summed E-state index contributed by atoms with van der Waals surface area (Å²) in [5.41, 5.74) is 8.95. The third-order valence-electron chi connectivity index (χ3n) is 12.9. The van der Waals surface area contributed by atoms with Crippen molar-refractivity contribution in [3.63, 3.8) is 0 Å². The van der Waals surface area contributed by atoms with E-state index in [0.717, 1.165) is 27.5 Å². The minimum atomic E-state index is -0.439. The average molecular weight is 792 g/mol. The largest absolute Gasteiger partial charge is 0.288 e. The molecule has 2 aromatic heterocycles. The Bertz CT molecular complexity index is 3710. The Balaban J connectivity index is 1.20. The fourth-order valence-electron chi connectivity index (χ4n) is 9.85. The minimum absolute atomic E-state index is 0.0814. The number of pyridine rings is 1. The fraction of sp³-hybridized carbons (Fsp3) is 0.0727. The van der Waals surface area contributed by atoms with Crippen LogP contribution in [-0.2, 0) is 5.41 Å². The molecule has 0 amide bonds. The summed E-state index contributed by atoms with van der Waals surface area (Å²) in [5, 5.41) is 10.2. The summed E-state index contributed by atoms with van der Waals surface area (Å²) in [4.78, 5) is 25.4. The van der Waals surface area contributed by atoms with E-state index >= 15 is 4.79 Å². The molecule has 0 atom stereocenters. The Hall–Kier alpha value is -7.57. The predicted octanol–water partition coefficient (Wildman–Crippen LogP) is 13.8. The molecule has 0 spiro atoms. The lowest BCUT2D eigenvalue weighted by Crippen LogP contribution is -2.17. The van der Waals surface area contributed by atoms with E-state index in [1.54, 1.807) is 24.3 Å². The average Bonchev–Trinajstić information content (AvgIpc) is 3.49. The quantitative estimate of drug-likeness (QED) is 0.132. The van der Waals surface area contributed by atoms with Crippen LogP contribution >= 0.6 is 0 Å². The maximum absolute atomic E-state index is 15.1. The first-order valence-electron chi connectivity index (χ1n) is 20.5. The lowest BCUT2D eigenvalue weighted by Gasteiger charge is -2.23. The molecule has 0 N–H and O–H groups in total. The van der Waals surface area contributed by atoms with E-state index in [-0.39, 0.29) is 17.1 Å². The van der Waals surface area contributed by atoms with Gasteiger partial charge in [0, 0.05) is 27.3 Å². The third-order valence-corrected chi connectivity index (χ3v) is 12.9. The van der Waals surface area contributed by atoms with E-state index in [9.17, 15) is 8.78 Å². The Morgan fingerprint density at radius 1 is 0.475 bits per heavy atom. The van der Waals surface area contributed by atoms with Crippen LogP contribution in [0.25, 0.3) is 104 Å². The molecule has 0 unspecified atom stereocenters. The van der Waals surface area contributed by atoms with Gasteiger partial charge in [-0.2, -0.15) is 0 Å². The number of hydrogen-bond donors (Lipinski definition) is 0. The number of halogens is 2. The van der Waals surface area contributed by atoms with Crippen LogP contribution in [0.1, 0.15) is 30.5 Å². The highest BCUT2D eigenvalue weighted by atomic mass is 19.1. The topological polar surface area (TPSA) is 47.8 Å². The maximum atomic E-state index is 15.1.